The minimum absolute atomic E-state index is 0.0278. The minimum atomic E-state index is -1.21. The van der Waals surface area contributed by atoms with E-state index < -0.39 is 17.5 Å². The summed E-state index contributed by atoms with van der Waals surface area (Å²) in [5.74, 6) is -1.14. The predicted octanol–water partition coefficient (Wildman–Crippen LogP) is 0.191. The Hall–Kier alpha value is -0.900. The molecule has 0 spiro atoms. The van der Waals surface area contributed by atoms with Gasteiger partial charge in [-0.2, -0.15) is 0 Å². The zero-order valence-electron chi connectivity index (χ0n) is 6.91. The van der Waals surface area contributed by atoms with Crippen molar-refractivity contribution in [2.75, 3.05) is 0 Å². The number of aliphatic hydroxyl groups excluding tert-OH is 1. The van der Waals surface area contributed by atoms with Gasteiger partial charge in [0.2, 0.25) is 0 Å². The fraction of sp³-hybridized carbons (Fsp3) is 0.750. The number of aliphatic hydroxyl groups is 1. The molecule has 1 saturated carbocycles. The summed E-state index contributed by atoms with van der Waals surface area (Å²) in [6, 6.07) is 0. The van der Waals surface area contributed by atoms with Crippen molar-refractivity contribution in [1.82, 2.24) is 0 Å². The molecule has 0 aromatic heterocycles. The highest BCUT2D eigenvalue weighted by Crippen LogP contribution is 2.39. The molecule has 4 heteroatoms. The van der Waals surface area contributed by atoms with Gasteiger partial charge < -0.3 is 10.2 Å². The lowest BCUT2D eigenvalue weighted by atomic mass is 9.81. The van der Waals surface area contributed by atoms with Crippen LogP contribution < -0.4 is 0 Å². The lowest BCUT2D eigenvalue weighted by Crippen LogP contribution is -2.38. The molecule has 0 radical (unpaired) electrons. The molecule has 2 N–H and O–H groups in total. The summed E-state index contributed by atoms with van der Waals surface area (Å²) in [6.07, 6.45) is -0.447. The Balaban J connectivity index is 2.89. The number of hydrogen-bond donors (Lipinski definition) is 2. The first-order valence-corrected chi connectivity index (χ1v) is 3.92. The molecule has 68 valence electrons. The fourth-order valence-electron chi connectivity index (χ4n) is 1.61. The molecule has 4 nitrogen and oxygen atoms in total. The van der Waals surface area contributed by atoms with Crippen LogP contribution in [-0.2, 0) is 9.59 Å². The standard InChI is InChI=1S/C8H12O4/c1-5(9)8(7(11)12)3-2-6(10)4-8/h5,9H,2-4H2,1H3,(H,11,12)/t5-,8-/m0/s1. The number of carbonyl (C=O) groups excluding carboxylic acids is 1. The lowest BCUT2D eigenvalue weighted by Gasteiger charge is -2.25. The van der Waals surface area contributed by atoms with E-state index in [0.717, 1.165) is 0 Å². The van der Waals surface area contributed by atoms with Gasteiger partial charge in [-0.05, 0) is 13.3 Å². The van der Waals surface area contributed by atoms with Gasteiger partial charge >= 0.3 is 5.97 Å². The molecule has 0 bridgehead atoms. The Kier molecular flexibility index (Phi) is 2.19. The minimum Gasteiger partial charge on any atom is -0.481 e. The first-order chi connectivity index (χ1) is 5.49. The van der Waals surface area contributed by atoms with Gasteiger partial charge in [-0.25, -0.2) is 0 Å². The van der Waals surface area contributed by atoms with Gasteiger partial charge in [0.15, 0.2) is 0 Å². The van der Waals surface area contributed by atoms with E-state index in [1.807, 2.05) is 0 Å². The monoisotopic (exact) mass is 172 g/mol. The summed E-state index contributed by atoms with van der Waals surface area (Å²) in [5.41, 5.74) is -1.21. The molecular weight excluding hydrogens is 160 g/mol. The average molecular weight is 172 g/mol. The Labute approximate surface area is 70.2 Å². The Bertz CT molecular complexity index is 221. The van der Waals surface area contributed by atoms with Gasteiger partial charge in [0.25, 0.3) is 0 Å². The number of ketones is 1. The first kappa shape index (κ1) is 9.19. The molecular formula is C8H12O4. The number of carboxylic acids is 1. The van der Waals surface area contributed by atoms with E-state index >= 15 is 0 Å². The number of rotatable bonds is 2. The summed E-state index contributed by atoms with van der Waals surface area (Å²) >= 11 is 0. The quantitative estimate of drug-likeness (QED) is 0.623. The highest BCUT2D eigenvalue weighted by molar-refractivity contribution is 5.90. The molecule has 1 rings (SSSR count). The number of aliphatic carboxylic acids is 1. The second kappa shape index (κ2) is 2.86. The molecule has 0 heterocycles. The maximum absolute atomic E-state index is 10.9. The third-order valence-electron chi connectivity index (χ3n) is 2.59. The van der Waals surface area contributed by atoms with Crippen molar-refractivity contribution in [2.45, 2.75) is 32.3 Å². The Morgan fingerprint density at radius 1 is 1.67 bits per heavy atom. The van der Waals surface area contributed by atoms with Crippen molar-refractivity contribution in [1.29, 1.82) is 0 Å². The van der Waals surface area contributed by atoms with Crippen molar-refractivity contribution in [3.8, 4) is 0 Å². The SMILES string of the molecule is C[C@H](O)[C@]1(C(=O)O)CCC(=O)C1. The summed E-state index contributed by atoms with van der Waals surface area (Å²) in [5, 5.41) is 18.1. The predicted molar refractivity (Wildman–Crippen MR) is 40.6 cm³/mol. The topological polar surface area (TPSA) is 74.6 Å². The van der Waals surface area contributed by atoms with Gasteiger partial charge in [-0.15, -0.1) is 0 Å². The second-order valence-electron chi connectivity index (χ2n) is 3.35. The van der Waals surface area contributed by atoms with Crippen molar-refractivity contribution in [3.05, 3.63) is 0 Å². The van der Waals surface area contributed by atoms with Crippen LogP contribution in [0.1, 0.15) is 26.2 Å². The van der Waals surface area contributed by atoms with Crippen LogP contribution in [0.3, 0.4) is 0 Å². The van der Waals surface area contributed by atoms with Gasteiger partial charge in [-0.3, -0.25) is 9.59 Å². The van der Waals surface area contributed by atoms with Crippen LogP contribution in [-0.4, -0.2) is 28.1 Å². The highest BCUT2D eigenvalue weighted by atomic mass is 16.4. The Morgan fingerprint density at radius 2 is 2.25 bits per heavy atom. The molecule has 0 aromatic rings. The molecule has 0 aliphatic heterocycles. The van der Waals surface area contributed by atoms with E-state index in [0.29, 0.717) is 0 Å². The summed E-state index contributed by atoms with van der Waals surface area (Å²) in [6.45, 7) is 1.42. The van der Waals surface area contributed by atoms with Gasteiger partial charge in [0, 0.05) is 12.8 Å². The van der Waals surface area contributed by atoms with Crippen LogP contribution in [0.25, 0.3) is 0 Å². The van der Waals surface area contributed by atoms with E-state index in [1.165, 1.54) is 6.92 Å². The molecule has 0 amide bonds. The fourth-order valence-corrected chi connectivity index (χ4v) is 1.61. The van der Waals surface area contributed by atoms with E-state index in [-0.39, 0.29) is 25.0 Å². The lowest BCUT2D eigenvalue weighted by molar-refractivity contribution is -0.156. The third kappa shape index (κ3) is 1.22. The second-order valence-corrected chi connectivity index (χ2v) is 3.35. The molecule has 0 aromatic carbocycles. The van der Waals surface area contributed by atoms with Crippen molar-refractivity contribution >= 4 is 11.8 Å². The maximum Gasteiger partial charge on any atom is 0.312 e. The van der Waals surface area contributed by atoms with Gasteiger partial charge in [0.1, 0.15) is 11.2 Å². The molecule has 0 saturated heterocycles. The van der Waals surface area contributed by atoms with Crippen molar-refractivity contribution < 1.29 is 19.8 Å². The largest absolute Gasteiger partial charge is 0.481 e. The number of carbonyl (C=O) groups is 2. The summed E-state index contributed by atoms with van der Waals surface area (Å²) in [7, 11) is 0. The summed E-state index contributed by atoms with van der Waals surface area (Å²) in [4.78, 5) is 21.7. The van der Waals surface area contributed by atoms with Gasteiger partial charge in [0.05, 0.1) is 6.10 Å². The van der Waals surface area contributed by atoms with Crippen LogP contribution in [0.2, 0.25) is 0 Å². The third-order valence-corrected chi connectivity index (χ3v) is 2.59. The number of hydrogen-bond acceptors (Lipinski definition) is 3. The zero-order chi connectivity index (χ0) is 9.35. The molecule has 1 fully saturated rings. The number of Topliss-reactive ketones (excluding diaryl/α,β-unsaturated/α-hetero) is 1. The smallest absolute Gasteiger partial charge is 0.312 e. The van der Waals surface area contributed by atoms with Crippen molar-refractivity contribution in [2.24, 2.45) is 5.41 Å². The van der Waals surface area contributed by atoms with E-state index in [4.69, 9.17) is 5.11 Å². The zero-order valence-corrected chi connectivity index (χ0v) is 6.91. The normalized spacial score (nSPS) is 32.0. The molecule has 1 aliphatic rings. The van der Waals surface area contributed by atoms with Crippen LogP contribution in [0.5, 0.6) is 0 Å². The van der Waals surface area contributed by atoms with E-state index in [1.54, 1.807) is 0 Å². The van der Waals surface area contributed by atoms with Crippen LogP contribution in [0.4, 0.5) is 0 Å². The van der Waals surface area contributed by atoms with Crippen LogP contribution in [0.15, 0.2) is 0 Å². The van der Waals surface area contributed by atoms with Gasteiger partial charge in [-0.1, -0.05) is 0 Å². The van der Waals surface area contributed by atoms with Crippen LogP contribution in [0, 0.1) is 5.41 Å². The average Bonchev–Trinajstić information content (AvgIpc) is 2.32. The molecule has 12 heavy (non-hydrogen) atoms. The Morgan fingerprint density at radius 3 is 2.42 bits per heavy atom. The molecule has 1 aliphatic carbocycles. The highest BCUT2D eigenvalue weighted by Gasteiger charge is 2.48. The van der Waals surface area contributed by atoms with E-state index in [9.17, 15) is 14.7 Å². The maximum atomic E-state index is 10.9. The van der Waals surface area contributed by atoms with Crippen LogP contribution >= 0.6 is 0 Å². The first-order valence-electron chi connectivity index (χ1n) is 3.92. The molecule has 2 atom stereocenters. The van der Waals surface area contributed by atoms with E-state index in [2.05, 4.69) is 0 Å². The van der Waals surface area contributed by atoms with Crippen molar-refractivity contribution in [3.63, 3.8) is 0 Å². The molecule has 0 unspecified atom stereocenters. The summed E-state index contributed by atoms with van der Waals surface area (Å²) < 4.78 is 0. The number of carboxylic acid groups (broad SMARTS) is 1.